The molecule has 0 aliphatic carbocycles. The Morgan fingerprint density at radius 2 is 1.94 bits per heavy atom. The van der Waals surface area contributed by atoms with E-state index < -0.39 is 6.09 Å². The zero-order chi connectivity index (χ0) is 23.4. The topological polar surface area (TPSA) is 84.8 Å². The first-order chi connectivity index (χ1) is 15.9. The minimum absolute atomic E-state index is 0.136. The lowest BCUT2D eigenvalue weighted by molar-refractivity contribution is 0.201. The van der Waals surface area contributed by atoms with Gasteiger partial charge in [-0.05, 0) is 61.5 Å². The number of aromatic nitrogens is 2. The summed E-state index contributed by atoms with van der Waals surface area (Å²) in [6.07, 6.45) is 0.451. The summed E-state index contributed by atoms with van der Waals surface area (Å²) >= 11 is 6.11. The molecule has 172 valence electrons. The van der Waals surface area contributed by atoms with Gasteiger partial charge < -0.3 is 20.2 Å². The van der Waals surface area contributed by atoms with Gasteiger partial charge in [-0.25, -0.2) is 9.78 Å². The lowest BCUT2D eigenvalue weighted by Gasteiger charge is -2.34. The standard InChI is InChI=1S/C24H27ClN6O2/c1-17-6-7-19(25)14-18(17)16-31(24(32)33)22-8-9-26-23(28-22)27-20-4-3-5-21(15-20)30-12-10-29(2)11-13-30/h3-9,14-15H,10-13,16H2,1-2H3,(H,32,33)(H,26,27,28). The first-order valence-electron chi connectivity index (χ1n) is 10.8. The van der Waals surface area contributed by atoms with Crippen molar-refractivity contribution in [1.82, 2.24) is 14.9 Å². The fourth-order valence-electron chi connectivity index (χ4n) is 3.76. The molecule has 1 aliphatic rings. The fraction of sp³-hybridized carbons (Fsp3) is 0.292. The van der Waals surface area contributed by atoms with Crippen molar-refractivity contribution in [3.8, 4) is 0 Å². The lowest BCUT2D eigenvalue weighted by atomic mass is 10.1. The maximum absolute atomic E-state index is 12.0. The summed E-state index contributed by atoms with van der Waals surface area (Å²) in [5, 5.41) is 13.6. The number of aryl methyl sites for hydroxylation is 1. The molecule has 0 saturated carbocycles. The van der Waals surface area contributed by atoms with E-state index in [9.17, 15) is 9.90 Å². The highest BCUT2D eigenvalue weighted by Crippen LogP contribution is 2.24. The van der Waals surface area contributed by atoms with Gasteiger partial charge in [0, 0.05) is 48.8 Å². The van der Waals surface area contributed by atoms with Crippen LogP contribution in [-0.4, -0.2) is 59.3 Å². The van der Waals surface area contributed by atoms with Gasteiger partial charge in [0.1, 0.15) is 5.82 Å². The van der Waals surface area contributed by atoms with Gasteiger partial charge in [-0.15, -0.1) is 0 Å². The van der Waals surface area contributed by atoms with Crippen molar-refractivity contribution in [2.75, 3.05) is 48.3 Å². The molecule has 2 N–H and O–H groups in total. The van der Waals surface area contributed by atoms with Crippen LogP contribution < -0.4 is 15.1 Å². The first kappa shape index (κ1) is 22.8. The average Bonchev–Trinajstić information content (AvgIpc) is 2.80. The van der Waals surface area contributed by atoms with Crippen LogP contribution in [0.25, 0.3) is 0 Å². The summed E-state index contributed by atoms with van der Waals surface area (Å²) in [5.41, 5.74) is 3.75. The number of nitrogens with zero attached hydrogens (tertiary/aromatic N) is 5. The molecule has 9 heteroatoms. The van der Waals surface area contributed by atoms with Crippen LogP contribution in [0.2, 0.25) is 5.02 Å². The molecule has 1 saturated heterocycles. The van der Waals surface area contributed by atoms with Crippen molar-refractivity contribution in [3.05, 3.63) is 70.9 Å². The van der Waals surface area contributed by atoms with Gasteiger partial charge in [-0.1, -0.05) is 23.7 Å². The van der Waals surface area contributed by atoms with Crippen LogP contribution in [0.1, 0.15) is 11.1 Å². The normalized spacial score (nSPS) is 14.2. The molecule has 1 aromatic heterocycles. The summed E-state index contributed by atoms with van der Waals surface area (Å²) in [7, 11) is 2.13. The van der Waals surface area contributed by atoms with Gasteiger partial charge in [-0.2, -0.15) is 4.98 Å². The number of anilines is 4. The highest BCUT2D eigenvalue weighted by molar-refractivity contribution is 6.30. The van der Waals surface area contributed by atoms with Crippen molar-refractivity contribution in [1.29, 1.82) is 0 Å². The number of amides is 1. The Hall–Kier alpha value is -3.36. The third kappa shape index (κ3) is 5.71. The number of rotatable bonds is 6. The van der Waals surface area contributed by atoms with E-state index >= 15 is 0 Å². The first-order valence-corrected chi connectivity index (χ1v) is 11.2. The second kappa shape index (κ2) is 10.1. The van der Waals surface area contributed by atoms with Gasteiger partial charge in [-0.3, -0.25) is 4.90 Å². The number of likely N-dealkylation sites (N-methyl/N-ethyl adjacent to an activating group) is 1. The minimum atomic E-state index is -1.10. The molecule has 2 aromatic carbocycles. The van der Waals surface area contributed by atoms with E-state index in [0.29, 0.717) is 11.0 Å². The Balaban J connectivity index is 1.53. The number of halogens is 1. The Bertz CT molecular complexity index is 1130. The summed E-state index contributed by atoms with van der Waals surface area (Å²) in [5.74, 6) is 0.617. The zero-order valence-electron chi connectivity index (χ0n) is 18.7. The molecule has 33 heavy (non-hydrogen) atoms. The van der Waals surface area contributed by atoms with E-state index in [1.54, 1.807) is 24.4 Å². The van der Waals surface area contributed by atoms with Crippen molar-refractivity contribution in [2.24, 2.45) is 0 Å². The van der Waals surface area contributed by atoms with Crippen LogP contribution in [0.3, 0.4) is 0 Å². The number of hydrogen-bond donors (Lipinski definition) is 2. The number of carbonyl (C=O) groups is 1. The van der Waals surface area contributed by atoms with Crippen molar-refractivity contribution >= 4 is 40.8 Å². The van der Waals surface area contributed by atoms with Crippen molar-refractivity contribution in [2.45, 2.75) is 13.5 Å². The predicted molar refractivity (Wildman–Crippen MR) is 132 cm³/mol. The molecular weight excluding hydrogens is 440 g/mol. The largest absolute Gasteiger partial charge is 0.465 e. The van der Waals surface area contributed by atoms with Crippen LogP contribution >= 0.6 is 11.6 Å². The van der Waals surface area contributed by atoms with Gasteiger partial charge >= 0.3 is 6.09 Å². The van der Waals surface area contributed by atoms with Crippen LogP contribution in [0.5, 0.6) is 0 Å². The van der Waals surface area contributed by atoms with E-state index in [0.717, 1.165) is 48.7 Å². The van der Waals surface area contributed by atoms with Gasteiger partial charge in [0.15, 0.2) is 0 Å². The molecule has 0 radical (unpaired) electrons. The average molecular weight is 467 g/mol. The van der Waals surface area contributed by atoms with E-state index in [1.165, 1.54) is 4.90 Å². The molecule has 1 aliphatic heterocycles. The van der Waals surface area contributed by atoms with E-state index in [-0.39, 0.29) is 12.4 Å². The number of benzene rings is 2. The highest BCUT2D eigenvalue weighted by atomic mass is 35.5. The van der Waals surface area contributed by atoms with E-state index in [2.05, 4.69) is 44.3 Å². The number of hydrogen-bond acceptors (Lipinski definition) is 6. The molecule has 1 amide bonds. The molecule has 4 rings (SSSR count). The second-order valence-corrected chi connectivity index (χ2v) is 8.58. The van der Waals surface area contributed by atoms with Gasteiger partial charge in [0.2, 0.25) is 5.95 Å². The lowest BCUT2D eigenvalue weighted by Crippen LogP contribution is -2.44. The zero-order valence-corrected chi connectivity index (χ0v) is 19.5. The van der Waals surface area contributed by atoms with Crippen LogP contribution in [0.15, 0.2) is 54.7 Å². The smallest absolute Gasteiger partial charge is 0.413 e. The summed E-state index contributed by atoms with van der Waals surface area (Å²) in [6, 6.07) is 15.1. The fourth-order valence-corrected chi connectivity index (χ4v) is 3.96. The molecule has 1 fully saturated rings. The SMILES string of the molecule is Cc1ccc(Cl)cc1CN(C(=O)O)c1ccnc(Nc2cccc(N3CCN(C)CC3)c2)n1. The van der Waals surface area contributed by atoms with Gasteiger partial charge in [0.25, 0.3) is 0 Å². The highest BCUT2D eigenvalue weighted by Gasteiger charge is 2.19. The Morgan fingerprint density at radius 3 is 2.70 bits per heavy atom. The Morgan fingerprint density at radius 1 is 1.15 bits per heavy atom. The third-order valence-corrected chi connectivity index (χ3v) is 5.99. The number of piperazine rings is 1. The number of carboxylic acid groups (broad SMARTS) is 1. The summed E-state index contributed by atoms with van der Waals surface area (Å²) in [6.45, 7) is 6.06. The van der Waals surface area contributed by atoms with E-state index in [1.807, 2.05) is 25.1 Å². The molecule has 0 atom stereocenters. The molecule has 2 heterocycles. The molecule has 3 aromatic rings. The van der Waals surface area contributed by atoms with Crippen LogP contribution in [-0.2, 0) is 6.54 Å². The molecule has 0 spiro atoms. The predicted octanol–water partition coefficient (Wildman–Crippen LogP) is 4.62. The minimum Gasteiger partial charge on any atom is -0.465 e. The number of nitrogens with one attached hydrogen (secondary N) is 1. The maximum Gasteiger partial charge on any atom is 0.413 e. The molecule has 0 bridgehead atoms. The molecule has 8 nitrogen and oxygen atoms in total. The van der Waals surface area contributed by atoms with Crippen LogP contribution in [0.4, 0.5) is 27.9 Å². The Labute approximate surface area is 198 Å². The monoisotopic (exact) mass is 466 g/mol. The van der Waals surface area contributed by atoms with E-state index in [4.69, 9.17) is 11.6 Å². The summed E-state index contributed by atoms with van der Waals surface area (Å²) < 4.78 is 0. The summed E-state index contributed by atoms with van der Waals surface area (Å²) in [4.78, 5) is 26.6. The third-order valence-electron chi connectivity index (χ3n) is 5.76. The second-order valence-electron chi connectivity index (χ2n) is 8.14. The van der Waals surface area contributed by atoms with Crippen molar-refractivity contribution in [3.63, 3.8) is 0 Å². The Kier molecular flexibility index (Phi) is 6.96. The maximum atomic E-state index is 12.0. The van der Waals surface area contributed by atoms with Crippen molar-refractivity contribution < 1.29 is 9.90 Å². The van der Waals surface area contributed by atoms with Gasteiger partial charge in [0.05, 0.1) is 6.54 Å². The van der Waals surface area contributed by atoms with Crippen LogP contribution in [0, 0.1) is 6.92 Å². The molecular formula is C24H27ClN6O2. The quantitative estimate of drug-likeness (QED) is 0.548. The molecule has 0 unspecified atom stereocenters.